The van der Waals surface area contributed by atoms with E-state index in [0.29, 0.717) is 6.42 Å². The lowest BCUT2D eigenvalue weighted by Crippen LogP contribution is -2.45. The zero-order chi connectivity index (χ0) is 40.0. The van der Waals surface area contributed by atoms with Crippen LogP contribution in [0.2, 0.25) is 0 Å². The van der Waals surface area contributed by atoms with Crippen LogP contribution in [0.25, 0.3) is 0 Å². The number of unbranched alkanes of at least 4 members (excludes halogenated alkanes) is 34. The average molecular weight is 772 g/mol. The summed E-state index contributed by atoms with van der Waals surface area (Å²) in [7, 11) is 0. The number of hydrogen-bond donors (Lipinski definition) is 3. The second kappa shape index (κ2) is 47.0. The van der Waals surface area contributed by atoms with E-state index in [-0.39, 0.29) is 12.5 Å². The topological polar surface area (TPSA) is 69.6 Å². The molecule has 2 atom stereocenters. The van der Waals surface area contributed by atoms with Gasteiger partial charge in [0.05, 0.1) is 18.8 Å². The largest absolute Gasteiger partial charge is 0.394 e. The highest BCUT2D eigenvalue weighted by molar-refractivity contribution is 5.76. The molecule has 0 saturated heterocycles. The highest BCUT2D eigenvalue weighted by atomic mass is 16.3. The lowest BCUT2D eigenvalue weighted by molar-refractivity contribution is -0.123. The van der Waals surface area contributed by atoms with Crippen LogP contribution in [0, 0.1) is 0 Å². The molecule has 0 aromatic heterocycles. The zero-order valence-corrected chi connectivity index (χ0v) is 37.2. The van der Waals surface area contributed by atoms with Crippen molar-refractivity contribution in [3.05, 3.63) is 36.5 Å². The Morgan fingerprint density at radius 2 is 0.709 bits per heavy atom. The first-order valence-electron chi connectivity index (χ1n) is 24.7. The Bertz CT molecular complexity index is 836. The minimum Gasteiger partial charge on any atom is -0.394 e. The van der Waals surface area contributed by atoms with Gasteiger partial charge in [-0.15, -0.1) is 0 Å². The summed E-state index contributed by atoms with van der Waals surface area (Å²) in [4.78, 5) is 12.4. The van der Waals surface area contributed by atoms with Gasteiger partial charge in [-0.2, -0.15) is 0 Å². The standard InChI is InChI=1S/C51H97NO3/c1-3-5-7-9-11-13-15-17-19-21-23-24-25-26-27-29-30-32-34-36-38-40-42-44-46-50(54)49(48-53)52-51(55)47-45-43-41-39-37-35-33-31-28-22-20-18-16-14-12-10-8-6-4-2/h18,20,36,38,44,46,49-50,53-54H,3-17,19,21-35,37,39-43,45,47-48H2,1-2H3,(H,52,55)/b20-18-,38-36+,46-44+. The van der Waals surface area contributed by atoms with Gasteiger partial charge in [0.1, 0.15) is 0 Å². The molecule has 1 amide bonds. The van der Waals surface area contributed by atoms with E-state index in [1.165, 1.54) is 212 Å². The molecule has 324 valence electrons. The second-order valence-electron chi connectivity index (χ2n) is 16.9. The van der Waals surface area contributed by atoms with Gasteiger partial charge >= 0.3 is 0 Å². The maximum absolute atomic E-state index is 12.4. The highest BCUT2D eigenvalue weighted by Gasteiger charge is 2.17. The molecule has 0 aliphatic heterocycles. The van der Waals surface area contributed by atoms with Crippen molar-refractivity contribution in [2.24, 2.45) is 0 Å². The van der Waals surface area contributed by atoms with Crippen LogP contribution in [0.5, 0.6) is 0 Å². The highest BCUT2D eigenvalue weighted by Crippen LogP contribution is 2.16. The molecule has 0 aromatic carbocycles. The Hall–Kier alpha value is -1.39. The van der Waals surface area contributed by atoms with E-state index in [2.05, 4.69) is 43.5 Å². The van der Waals surface area contributed by atoms with Crippen LogP contribution in [-0.2, 0) is 4.79 Å². The molecule has 0 fully saturated rings. The van der Waals surface area contributed by atoms with Crippen LogP contribution in [-0.4, -0.2) is 34.9 Å². The van der Waals surface area contributed by atoms with Crippen LogP contribution < -0.4 is 5.32 Å². The third kappa shape index (κ3) is 43.6. The van der Waals surface area contributed by atoms with Gasteiger partial charge in [0, 0.05) is 6.42 Å². The van der Waals surface area contributed by atoms with E-state index in [9.17, 15) is 15.0 Å². The number of carbonyl (C=O) groups excluding carboxylic acids is 1. The Morgan fingerprint density at radius 3 is 1.05 bits per heavy atom. The van der Waals surface area contributed by atoms with E-state index in [0.717, 1.165) is 32.1 Å². The Balaban J connectivity index is 3.56. The van der Waals surface area contributed by atoms with Crippen LogP contribution >= 0.6 is 0 Å². The lowest BCUT2D eigenvalue weighted by atomic mass is 10.0. The second-order valence-corrected chi connectivity index (χ2v) is 16.9. The smallest absolute Gasteiger partial charge is 0.220 e. The first-order valence-corrected chi connectivity index (χ1v) is 24.7. The van der Waals surface area contributed by atoms with Crippen molar-refractivity contribution in [3.8, 4) is 0 Å². The predicted octanol–water partition coefficient (Wildman–Crippen LogP) is 15.7. The number of aliphatic hydroxyl groups is 2. The molecule has 0 aliphatic rings. The fourth-order valence-corrected chi connectivity index (χ4v) is 7.54. The third-order valence-corrected chi connectivity index (χ3v) is 11.3. The molecule has 0 aromatic rings. The Kier molecular flexibility index (Phi) is 45.8. The zero-order valence-electron chi connectivity index (χ0n) is 37.2. The fraction of sp³-hybridized carbons (Fsp3) is 0.863. The first-order chi connectivity index (χ1) is 27.2. The molecule has 0 aliphatic carbocycles. The van der Waals surface area contributed by atoms with Gasteiger partial charge in [0.25, 0.3) is 0 Å². The van der Waals surface area contributed by atoms with Gasteiger partial charge in [0.2, 0.25) is 5.91 Å². The molecule has 55 heavy (non-hydrogen) atoms. The van der Waals surface area contributed by atoms with Gasteiger partial charge in [0.15, 0.2) is 0 Å². The van der Waals surface area contributed by atoms with Crippen molar-refractivity contribution in [1.82, 2.24) is 5.32 Å². The van der Waals surface area contributed by atoms with Gasteiger partial charge in [-0.05, 0) is 57.8 Å². The average Bonchev–Trinajstić information content (AvgIpc) is 3.19. The molecule has 0 spiro atoms. The maximum Gasteiger partial charge on any atom is 0.220 e. The molecule has 2 unspecified atom stereocenters. The van der Waals surface area contributed by atoms with E-state index < -0.39 is 12.1 Å². The molecule has 0 heterocycles. The van der Waals surface area contributed by atoms with Crippen LogP contribution in [0.3, 0.4) is 0 Å². The van der Waals surface area contributed by atoms with Gasteiger partial charge in [-0.1, -0.05) is 237 Å². The number of rotatable bonds is 45. The van der Waals surface area contributed by atoms with Crippen molar-refractivity contribution < 1.29 is 15.0 Å². The van der Waals surface area contributed by atoms with Crippen molar-refractivity contribution in [2.45, 2.75) is 276 Å². The molecule has 3 N–H and O–H groups in total. The summed E-state index contributed by atoms with van der Waals surface area (Å²) in [6.07, 6.45) is 62.8. The third-order valence-electron chi connectivity index (χ3n) is 11.3. The Morgan fingerprint density at radius 1 is 0.418 bits per heavy atom. The summed E-state index contributed by atoms with van der Waals surface area (Å²) in [6, 6.07) is -0.639. The lowest BCUT2D eigenvalue weighted by Gasteiger charge is -2.19. The van der Waals surface area contributed by atoms with Gasteiger partial charge < -0.3 is 15.5 Å². The first kappa shape index (κ1) is 53.6. The SMILES string of the molecule is CCCCCCCC/C=C\CCCCCCCCCCCC(=O)NC(CO)C(O)/C=C/CC/C=C/CCCCCCCCCCCCCCCCCCCC. The molecule has 0 bridgehead atoms. The van der Waals surface area contributed by atoms with E-state index in [1.54, 1.807) is 6.08 Å². The number of carbonyl (C=O) groups is 1. The predicted molar refractivity (Wildman–Crippen MR) is 244 cm³/mol. The quantitative estimate of drug-likeness (QED) is 0.0426. The summed E-state index contributed by atoms with van der Waals surface area (Å²) in [5, 5.41) is 23.1. The number of aliphatic hydroxyl groups excluding tert-OH is 2. The van der Waals surface area contributed by atoms with E-state index >= 15 is 0 Å². The molecule has 0 rings (SSSR count). The minimum atomic E-state index is -0.862. The normalized spacial score (nSPS) is 13.2. The molecule has 0 radical (unpaired) electrons. The van der Waals surface area contributed by atoms with Crippen LogP contribution in [0.4, 0.5) is 0 Å². The maximum atomic E-state index is 12.4. The summed E-state index contributed by atoms with van der Waals surface area (Å²) in [6.45, 7) is 4.31. The summed E-state index contributed by atoms with van der Waals surface area (Å²) >= 11 is 0. The van der Waals surface area contributed by atoms with Crippen LogP contribution in [0.15, 0.2) is 36.5 Å². The van der Waals surface area contributed by atoms with Crippen molar-refractivity contribution >= 4 is 5.91 Å². The number of hydrogen-bond acceptors (Lipinski definition) is 3. The molecule has 4 nitrogen and oxygen atoms in total. The van der Waals surface area contributed by atoms with E-state index in [1.807, 2.05) is 6.08 Å². The van der Waals surface area contributed by atoms with Crippen LogP contribution in [0.1, 0.15) is 264 Å². The van der Waals surface area contributed by atoms with Gasteiger partial charge in [-0.3, -0.25) is 4.79 Å². The van der Waals surface area contributed by atoms with Gasteiger partial charge in [-0.25, -0.2) is 0 Å². The fourth-order valence-electron chi connectivity index (χ4n) is 7.54. The molecule has 4 heteroatoms. The van der Waals surface area contributed by atoms with Crippen molar-refractivity contribution in [3.63, 3.8) is 0 Å². The summed E-state index contributed by atoms with van der Waals surface area (Å²) < 4.78 is 0. The number of allylic oxidation sites excluding steroid dienone is 5. The monoisotopic (exact) mass is 772 g/mol. The molecule has 0 saturated carbocycles. The summed E-state index contributed by atoms with van der Waals surface area (Å²) in [5.41, 5.74) is 0. The summed E-state index contributed by atoms with van der Waals surface area (Å²) in [5.74, 6) is -0.0740. The number of amides is 1. The van der Waals surface area contributed by atoms with E-state index in [4.69, 9.17) is 0 Å². The molecular formula is C51H97NO3. The van der Waals surface area contributed by atoms with Crippen molar-refractivity contribution in [2.75, 3.05) is 6.61 Å². The minimum absolute atomic E-state index is 0.0740. The number of nitrogens with one attached hydrogen (secondary N) is 1. The molecular weight excluding hydrogens is 675 g/mol. The Labute approximate surface area is 344 Å². The van der Waals surface area contributed by atoms with Crippen molar-refractivity contribution in [1.29, 1.82) is 0 Å².